The molecule has 20 heavy (non-hydrogen) atoms. The van der Waals surface area contributed by atoms with Gasteiger partial charge in [-0.2, -0.15) is 0 Å². The van der Waals surface area contributed by atoms with E-state index in [0.717, 1.165) is 11.1 Å². The second-order valence-electron chi connectivity index (χ2n) is 4.58. The average molecular weight is 276 g/mol. The van der Waals surface area contributed by atoms with Crippen LogP contribution in [0, 0.1) is 11.6 Å². The molecule has 0 saturated carbocycles. The first kappa shape index (κ1) is 14.5. The Labute approximate surface area is 117 Å². The molecule has 0 amide bonds. The quantitative estimate of drug-likeness (QED) is 0.906. The number of hydrogen-bond acceptors (Lipinski definition) is 2. The Balaban J connectivity index is 2.29. The van der Waals surface area contributed by atoms with Gasteiger partial charge in [-0.3, -0.25) is 0 Å². The van der Waals surface area contributed by atoms with Gasteiger partial charge in [0.15, 0.2) is 0 Å². The highest BCUT2D eigenvalue weighted by molar-refractivity contribution is 5.48. The van der Waals surface area contributed by atoms with E-state index < -0.39 is 0 Å². The number of nitrogens with zero attached hydrogens (tertiary/aromatic N) is 1. The second-order valence-corrected chi connectivity index (χ2v) is 4.58. The summed E-state index contributed by atoms with van der Waals surface area (Å²) in [5.74, 6) is -0.561. The lowest BCUT2D eigenvalue weighted by molar-refractivity contribution is 0.615. The molecule has 0 spiro atoms. The number of anilines is 1. The summed E-state index contributed by atoms with van der Waals surface area (Å²) < 4.78 is 27.1. The Morgan fingerprint density at radius 2 is 1.80 bits per heavy atom. The summed E-state index contributed by atoms with van der Waals surface area (Å²) in [6.07, 6.45) is 0. The van der Waals surface area contributed by atoms with E-state index in [1.165, 1.54) is 18.2 Å². The highest BCUT2D eigenvalue weighted by atomic mass is 19.1. The number of hydrogen-bond donors (Lipinski definition) is 1. The van der Waals surface area contributed by atoms with Gasteiger partial charge < -0.3 is 10.6 Å². The Bertz CT molecular complexity index is 584. The van der Waals surface area contributed by atoms with Gasteiger partial charge >= 0.3 is 0 Å². The zero-order valence-electron chi connectivity index (χ0n) is 11.4. The standard InChI is InChI=1S/C16H18F2N2/c1-2-20(16-6-4-3-5-15(16)18)11-12-7-8-14(17)9-13(12)10-19/h3-9H,2,10-11,19H2,1H3. The van der Waals surface area contributed by atoms with Crippen LogP contribution in [0.25, 0.3) is 0 Å². The van der Waals surface area contributed by atoms with Crippen LogP contribution in [0.1, 0.15) is 18.1 Å². The molecule has 0 heterocycles. The third-order valence-electron chi connectivity index (χ3n) is 3.32. The molecule has 2 rings (SSSR count). The summed E-state index contributed by atoms with van der Waals surface area (Å²) in [7, 11) is 0. The summed E-state index contributed by atoms with van der Waals surface area (Å²) in [6.45, 7) is 3.38. The lowest BCUT2D eigenvalue weighted by Crippen LogP contribution is -2.24. The molecule has 0 aromatic heterocycles. The van der Waals surface area contributed by atoms with Crippen molar-refractivity contribution >= 4 is 5.69 Å². The van der Waals surface area contributed by atoms with Gasteiger partial charge in [0.05, 0.1) is 5.69 Å². The Morgan fingerprint density at radius 3 is 2.45 bits per heavy atom. The summed E-state index contributed by atoms with van der Waals surface area (Å²) in [4.78, 5) is 1.90. The van der Waals surface area contributed by atoms with Crippen LogP contribution >= 0.6 is 0 Å². The van der Waals surface area contributed by atoms with Crippen molar-refractivity contribution in [3.8, 4) is 0 Å². The molecule has 2 N–H and O–H groups in total. The molecular formula is C16H18F2N2. The smallest absolute Gasteiger partial charge is 0.146 e. The van der Waals surface area contributed by atoms with Crippen molar-refractivity contribution in [3.05, 3.63) is 65.2 Å². The SMILES string of the molecule is CCN(Cc1ccc(F)cc1CN)c1ccccc1F. The number of halogens is 2. The second kappa shape index (κ2) is 6.48. The summed E-state index contributed by atoms with van der Waals surface area (Å²) in [6, 6.07) is 11.2. The van der Waals surface area contributed by atoms with Crippen molar-refractivity contribution in [2.75, 3.05) is 11.4 Å². The highest BCUT2D eigenvalue weighted by Crippen LogP contribution is 2.22. The minimum Gasteiger partial charge on any atom is -0.365 e. The van der Waals surface area contributed by atoms with E-state index in [0.29, 0.717) is 18.8 Å². The van der Waals surface area contributed by atoms with Crippen LogP contribution in [0.15, 0.2) is 42.5 Å². The van der Waals surface area contributed by atoms with Crippen LogP contribution in [-0.4, -0.2) is 6.54 Å². The average Bonchev–Trinajstić information content (AvgIpc) is 2.47. The minimum absolute atomic E-state index is 0.259. The fourth-order valence-corrected chi connectivity index (χ4v) is 2.22. The Morgan fingerprint density at radius 1 is 1.05 bits per heavy atom. The van der Waals surface area contributed by atoms with Gasteiger partial charge in [-0.05, 0) is 42.3 Å². The molecule has 0 aliphatic carbocycles. The van der Waals surface area contributed by atoms with Crippen LogP contribution in [0.4, 0.5) is 14.5 Å². The van der Waals surface area contributed by atoms with Gasteiger partial charge in [0.25, 0.3) is 0 Å². The van der Waals surface area contributed by atoms with E-state index in [2.05, 4.69) is 0 Å². The van der Waals surface area contributed by atoms with Crippen molar-refractivity contribution in [1.29, 1.82) is 0 Å². The van der Waals surface area contributed by atoms with E-state index >= 15 is 0 Å². The van der Waals surface area contributed by atoms with E-state index in [4.69, 9.17) is 5.73 Å². The molecule has 2 aromatic rings. The summed E-state index contributed by atoms with van der Waals surface area (Å²) >= 11 is 0. The maximum absolute atomic E-state index is 13.8. The van der Waals surface area contributed by atoms with Gasteiger partial charge in [-0.15, -0.1) is 0 Å². The van der Waals surface area contributed by atoms with E-state index in [1.54, 1.807) is 24.3 Å². The molecule has 0 fully saturated rings. The first-order valence-corrected chi connectivity index (χ1v) is 6.62. The number of nitrogens with two attached hydrogens (primary N) is 1. The molecule has 2 nitrogen and oxygen atoms in total. The largest absolute Gasteiger partial charge is 0.365 e. The van der Waals surface area contributed by atoms with E-state index in [9.17, 15) is 8.78 Å². The van der Waals surface area contributed by atoms with Crippen molar-refractivity contribution in [2.45, 2.75) is 20.0 Å². The van der Waals surface area contributed by atoms with E-state index in [-0.39, 0.29) is 18.2 Å². The number of benzene rings is 2. The van der Waals surface area contributed by atoms with Crippen LogP contribution in [0.2, 0.25) is 0 Å². The molecule has 0 unspecified atom stereocenters. The number of rotatable bonds is 5. The lowest BCUT2D eigenvalue weighted by Gasteiger charge is -2.24. The fraction of sp³-hybridized carbons (Fsp3) is 0.250. The molecule has 0 aliphatic rings. The number of para-hydroxylation sites is 1. The van der Waals surface area contributed by atoms with Crippen molar-refractivity contribution in [2.24, 2.45) is 5.73 Å². The van der Waals surface area contributed by atoms with Gasteiger partial charge in [-0.25, -0.2) is 8.78 Å². The molecule has 0 radical (unpaired) electrons. The Kier molecular flexibility index (Phi) is 4.69. The van der Waals surface area contributed by atoms with Gasteiger partial charge in [0, 0.05) is 19.6 Å². The van der Waals surface area contributed by atoms with Crippen LogP contribution in [-0.2, 0) is 13.1 Å². The third kappa shape index (κ3) is 3.14. The van der Waals surface area contributed by atoms with Gasteiger partial charge in [-0.1, -0.05) is 18.2 Å². The van der Waals surface area contributed by atoms with Crippen LogP contribution in [0.5, 0.6) is 0 Å². The lowest BCUT2D eigenvalue weighted by atomic mass is 10.1. The zero-order chi connectivity index (χ0) is 14.5. The molecule has 0 aliphatic heterocycles. The van der Waals surface area contributed by atoms with Gasteiger partial charge in [0.2, 0.25) is 0 Å². The van der Waals surface area contributed by atoms with Crippen LogP contribution in [0.3, 0.4) is 0 Å². The molecule has 106 valence electrons. The molecule has 0 bridgehead atoms. The normalized spacial score (nSPS) is 10.6. The van der Waals surface area contributed by atoms with Gasteiger partial charge in [0.1, 0.15) is 11.6 Å². The van der Waals surface area contributed by atoms with E-state index in [1.807, 2.05) is 11.8 Å². The monoisotopic (exact) mass is 276 g/mol. The minimum atomic E-state index is -0.303. The fourth-order valence-electron chi connectivity index (χ4n) is 2.22. The molecule has 0 atom stereocenters. The molecular weight excluding hydrogens is 258 g/mol. The first-order valence-electron chi connectivity index (χ1n) is 6.62. The highest BCUT2D eigenvalue weighted by Gasteiger charge is 2.12. The maximum atomic E-state index is 13.8. The van der Waals surface area contributed by atoms with Crippen molar-refractivity contribution in [3.63, 3.8) is 0 Å². The molecule has 2 aromatic carbocycles. The third-order valence-corrected chi connectivity index (χ3v) is 3.32. The first-order chi connectivity index (χ1) is 9.65. The topological polar surface area (TPSA) is 29.3 Å². The molecule has 4 heteroatoms. The molecule has 0 saturated heterocycles. The predicted molar refractivity (Wildman–Crippen MR) is 77.4 cm³/mol. The predicted octanol–water partition coefficient (Wildman–Crippen LogP) is 3.45. The van der Waals surface area contributed by atoms with Crippen molar-refractivity contribution in [1.82, 2.24) is 0 Å². The summed E-state index contributed by atoms with van der Waals surface area (Å²) in [5.41, 5.74) is 7.86. The van der Waals surface area contributed by atoms with Crippen LogP contribution < -0.4 is 10.6 Å². The summed E-state index contributed by atoms with van der Waals surface area (Å²) in [5, 5.41) is 0. The zero-order valence-corrected chi connectivity index (χ0v) is 11.4. The Hall–Kier alpha value is -1.94. The maximum Gasteiger partial charge on any atom is 0.146 e. The van der Waals surface area contributed by atoms with Crippen molar-refractivity contribution < 1.29 is 8.78 Å².